The van der Waals surface area contributed by atoms with Crippen molar-refractivity contribution in [2.45, 2.75) is 26.2 Å². The summed E-state index contributed by atoms with van der Waals surface area (Å²) in [5, 5.41) is 1.04. The molecule has 0 unspecified atom stereocenters. The Kier molecular flexibility index (Phi) is 5.62. The molecule has 0 amide bonds. The van der Waals surface area contributed by atoms with Crippen molar-refractivity contribution in [3.05, 3.63) is 41.5 Å². The lowest BCUT2D eigenvalue weighted by atomic mass is 10.1. The Hall–Kier alpha value is -0.560. The highest BCUT2D eigenvalue weighted by molar-refractivity contribution is 9.09. The predicted molar refractivity (Wildman–Crippen MR) is 67.9 cm³/mol. The van der Waals surface area contributed by atoms with Crippen molar-refractivity contribution in [3.8, 4) is 0 Å². The normalized spacial score (nSPS) is 11.0. The minimum Gasteiger partial charge on any atom is -0.0925 e. The molecule has 0 saturated carbocycles. The molecule has 0 heterocycles. The Bertz CT molecular complexity index is 272. The van der Waals surface area contributed by atoms with E-state index in [4.69, 9.17) is 0 Å². The van der Waals surface area contributed by atoms with Crippen molar-refractivity contribution < 1.29 is 0 Å². The van der Waals surface area contributed by atoms with Crippen LogP contribution < -0.4 is 0 Å². The van der Waals surface area contributed by atoms with E-state index in [1.165, 1.54) is 24.0 Å². The molecule has 0 atom stereocenters. The molecule has 0 aliphatic rings. The van der Waals surface area contributed by atoms with E-state index in [1.54, 1.807) is 0 Å². The molecule has 0 radical (unpaired) electrons. The summed E-state index contributed by atoms with van der Waals surface area (Å²) >= 11 is 3.40. The van der Waals surface area contributed by atoms with E-state index in [0.29, 0.717) is 0 Å². The molecule has 14 heavy (non-hydrogen) atoms. The summed E-state index contributed by atoms with van der Waals surface area (Å²) in [6, 6.07) is 8.82. The standard InChI is InChI=1S/C13H17Br/c1-2-5-12-7-9-13(10-8-12)6-3-4-11-14/h3,6-10H,2,4-5,11H2,1H3. The highest BCUT2D eigenvalue weighted by atomic mass is 79.9. The van der Waals surface area contributed by atoms with Crippen LogP contribution in [0.2, 0.25) is 0 Å². The van der Waals surface area contributed by atoms with Crippen molar-refractivity contribution in [1.82, 2.24) is 0 Å². The van der Waals surface area contributed by atoms with E-state index in [-0.39, 0.29) is 0 Å². The Labute approximate surface area is 95.2 Å². The molecule has 0 bridgehead atoms. The smallest absolute Gasteiger partial charge is 0.00660 e. The highest BCUT2D eigenvalue weighted by Crippen LogP contribution is 2.08. The van der Waals surface area contributed by atoms with Gasteiger partial charge >= 0.3 is 0 Å². The fourth-order valence-corrected chi connectivity index (χ4v) is 1.63. The first-order valence-corrected chi connectivity index (χ1v) is 6.30. The summed E-state index contributed by atoms with van der Waals surface area (Å²) in [6.07, 6.45) is 7.88. The van der Waals surface area contributed by atoms with Gasteiger partial charge in [-0.15, -0.1) is 0 Å². The van der Waals surface area contributed by atoms with Crippen LogP contribution >= 0.6 is 15.9 Å². The summed E-state index contributed by atoms with van der Waals surface area (Å²) in [5.41, 5.74) is 2.73. The first-order chi connectivity index (χ1) is 6.86. The van der Waals surface area contributed by atoms with Gasteiger partial charge in [0, 0.05) is 5.33 Å². The third-order valence-electron chi connectivity index (χ3n) is 2.10. The molecule has 0 fully saturated rings. The van der Waals surface area contributed by atoms with Crippen LogP contribution in [0, 0.1) is 0 Å². The van der Waals surface area contributed by atoms with Gasteiger partial charge in [0.15, 0.2) is 0 Å². The van der Waals surface area contributed by atoms with Gasteiger partial charge in [-0.25, -0.2) is 0 Å². The third kappa shape index (κ3) is 4.10. The number of alkyl halides is 1. The number of rotatable bonds is 5. The lowest BCUT2D eigenvalue weighted by molar-refractivity contribution is 0.922. The Morgan fingerprint density at radius 3 is 2.50 bits per heavy atom. The van der Waals surface area contributed by atoms with Gasteiger partial charge in [0.25, 0.3) is 0 Å². The molecule has 0 aromatic heterocycles. The molecular weight excluding hydrogens is 236 g/mol. The molecule has 0 spiro atoms. The van der Waals surface area contributed by atoms with Crippen molar-refractivity contribution in [2.75, 3.05) is 5.33 Å². The van der Waals surface area contributed by atoms with Gasteiger partial charge in [-0.3, -0.25) is 0 Å². The van der Waals surface area contributed by atoms with Gasteiger partial charge in [-0.2, -0.15) is 0 Å². The number of halogens is 1. The fraction of sp³-hybridized carbons (Fsp3) is 0.385. The lowest BCUT2D eigenvalue weighted by Crippen LogP contribution is -1.82. The molecular formula is C13H17Br. The topological polar surface area (TPSA) is 0 Å². The number of aryl methyl sites for hydroxylation is 1. The number of allylic oxidation sites excluding steroid dienone is 1. The Balaban J connectivity index is 2.54. The number of benzene rings is 1. The number of hydrogen-bond acceptors (Lipinski definition) is 0. The van der Waals surface area contributed by atoms with Crippen molar-refractivity contribution >= 4 is 22.0 Å². The molecule has 0 N–H and O–H groups in total. The lowest BCUT2D eigenvalue weighted by Gasteiger charge is -1.98. The molecule has 1 rings (SSSR count). The van der Waals surface area contributed by atoms with E-state index in [1.807, 2.05) is 0 Å². The van der Waals surface area contributed by atoms with Crippen LogP contribution in [0.5, 0.6) is 0 Å². The van der Waals surface area contributed by atoms with E-state index >= 15 is 0 Å². The fourth-order valence-electron chi connectivity index (χ4n) is 1.37. The van der Waals surface area contributed by atoms with Crippen LogP contribution in [0.3, 0.4) is 0 Å². The van der Waals surface area contributed by atoms with E-state index in [9.17, 15) is 0 Å². The van der Waals surface area contributed by atoms with Crippen molar-refractivity contribution in [3.63, 3.8) is 0 Å². The van der Waals surface area contributed by atoms with E-state index < -0.39 is 0 Å². The maximum absolute atomic E-state index is 3.40. The van der Waals surface area contributed by atoms with E-state index in [2.05, 4.69) is 59.3 Å². The molecule has 1 aromatic carbocycles. The average molecular weight is 253 g/mol. The van der Waals surface area contributed by atoms with Crippen LogP contribution in [-0.2, 0) is 6.42 Å². The van der Waals surface area contributed by atoms with Gasteiger partial charge in [0.2, 0.25) is 0 Å². The van der Waals surface area contributed by atoms with Gasteiger partial charge < -0.3 is 0 Å². The first-order valence-electron chi connectivity index (χ1n) is 5.18. The SMILES string of the molecule is CCCc1ccc(C=CCCBr)cc1. The molecule has 0 nitrogen and oxygen atoms in total. The van der Waals surface area contributed by atoms with Gasteiger partial charge in [-0.05, 0) is 24.0 Å². The highest BCUT2D eigenvalue weighted by Gasteiger charge is 1.90. The van der Waals surface area contributed by atoms with Crippen LogP contribution in [0.1, 0.15) is 30.9 Å². The molecule has 1 aromatic rings. The van der Waals surface area contributed by atoms with Crippen molar-refractivity contribution in [1.29, 1.82) is 0 Å². The van der Waals surface area contributed by atoms with Gasteiger partial charge in [0.1, 0.15) is 0 Å². The van der Waals surface area contributed by atoms with Crippen LogP contribution in [0.15, 0.2) is 30.3 Å². The van der Waals surface area contributed by atoms with Crippen LogP contribution in [0.4, 0.5) is 0 Å². The molecule has 0 saturated heterocycles. The Morgan fingerprint density at radius 1 is 1.21 bits per heavy atom. The molecule has 1 heteroatoms. The second-order valence-electron chi connectivity index (χ2n) is 3.37. The first kappa shape index (κ1) is 11.5. The van der Waals surface area contributed by atoms with Crippen molar-refractivity contribution in [2.24, 2.45) is 0 Å². The zero-order valence-corrected chi connectivity index (χ0v) is 10.3. The van der Waals surface area contributed by atoms with E-state index in [0.717, 1.165) is 11.8 Å². The average Bonchev–Trinajstić information content (AvgIpc) is 2.21. The summed E-state index contributed by atoms with van der Waals surface area (Å²) in [5.74, 6) is 0. The maximum Gasteiger partial charge on any atom is 0.00660 e. The summed E-state index contributed by atoms with van der Waals surface area (Å²) in [7, 11) is 0. The zero-order chi connectivity index (χ0) is 10.2. The summed E-state index contributed by atoms with van der Waals surface area (Å²) in [6.45, 7) is 2.21. The number of hydrogen-bond donors (Lipinski definition) is 0. The quantitative estimate of drug-likeness (QED) is 0.680. The second kappa shape index (κ2) is 6.83. The maximum atomic E-state index is 3.40. The minimum atomic E-state index is 1.04. The van der Waals surface area contributed by atoms with Gasteiger partial charge in [0.05, 0.1) is 0 Å². The van der Waals surface area contributed by atoms with Crippen LogP contribution in [-0.4, -0.2) is 5.33 Å². The second-order valence-corrected chi connectivity index (χ2v) is 4.16. The Morgan fingerprint density at radius 2 is 1.93 bits per heavy atom. The summed E-state index contributed by atoms with van der Waals surface area (Å²) in [4.78, 5) is 0. The monoisotopic (exact) mass is 252 g/mol. The van der Waals surface area contributed by atoms with Crippen LogP contribution in [0.25, 0.3) is 6.08 Å². The summed E-state index contributed by atoms with van der Waals surface area (Å²) < 4.78 is 0. The third-order valence-corrected chi connectivity index (χ3v) is 2.56. The predicted octanol–water partition coefficient (Wildman–Crippen LogP) is 4.44. The molecule has 0 aliphatic carbocycles. The molecule has 0 aliphatic heterocycles. The molecule has 76 valence electrons. The largest absolute Gasteiger partial charge is 0.0925 e. The van der Waals surface area contributed by atoms with Gasteiger partial charge in [-0.1, -0.05) is 65.7 Å². The minimum absolute atomic E-state index is 1.04. The zero-order valence-electron chi connectivity index (χ0n) is 8.67.